The summed E-state index contributed by atoms with van der Waals surface area (Å²) in [6.45, 7) is 0. The van der Waals surface area contributed by atoms with Gasteiger partial charge in [0.25, 0.3) is 0 Å². The van der Waals surface area contributed by atoms with Gasteiger partial charge in [0.05, 0.1) is 0 Å². The number of hydrogen-bond acceptors (Lipinski definition) is 3. The average molecular weight is 660 g/mol. The summed E-state index contributed by atoms with van der Waals surface area (Å²) < 4.78 is 5.32. The monoisotopic (exact) mass is 659 g/mol. The van der Waals surface area contributed by atoms with Gasteiger partial charge in [-0.3, -0.25) is 0 Å². The molecular weight excluding hydrogens is 631 g/mol. The largest absolute Gasteiger partial charge is 0.310 e. The van der Waals surface area contributed by atoms with E-state index < -0.39 is 0 Å². The highest BCUT2D eigenvalue weighted by Crippen LogP contribution is 2.43. The first kappa shape index (κ1) is 28.3. The quantitative estimate of drug-likeness (QED) is 0.178. The molecule has 0 amide bonds. The van der Waals surface area contributed by atoms with E-state index >= 15 is 0 Å². The summed E-state index contributed by atoms with van der Waals surface area (Å²) >= 11 is 3.75. The number of nitrogens with zero attached hydrogens (tertiary/aromatic N) is 1. The molecule has 0 spiro atoms. The fourth-order valence-corrected chi connectivity index (χ4v) is 9.64. The second kappa shape index (κ2) is 11.5. The minimum atomic E-state index is 1.12. The first-order chi connectivity index (χ1) is 24.3. The lowest BCUT2D eigenvalue weighted by Crippen LogP contribution is -2.10. The minimum Gasteiger partial charge on any atom is -0.310 e. The second-order valence-corrected chi connectivity index (χ2v) is 14.7. The van der Waals surface area contributed by atoms with Crippen LogP contribution in [0.25, 0.3) is 73.4 Å². The molecule has 10 aromatic rings. The highest BCUT2D eigenvalue weighted by molar-refractivity contribution is 7.26. The van der Waals surface area contributed by atoms with Crippen molar-refractivity contribution < 1.29 is 0 Å². The number of hydrogen-bond donors (Lipinski definition) is 0. The van der Waals surface area contributed by atoms with Crippen molar-refractivity contribution in [2.45, 2.75) is 0 Å². The molecular formula is C46H29NS2. The van der Waals surface area contributed by atoms with Crippen LogP contribution in [0.3, 0.4) is 0 Å². The lowest BCUT2D eigenvalue weighted by Gasteiger charge is -2.26. The Hall–Kier alpha value is -5.74. The topological polar surface area (TPSA) is 3.24 Å². The Morgan fingerprint density at radius 3 is 1.82 bits per heavy atom. The van der Waals surface area contributed by atoms with Gasteiger partial charge in [0.1, 0.15) is 0 Å². The van der Waals surface area contributed by atoms with E-state index in [0.29, 0.717) is 0 Å². The maximum atomic E-state index is 2.39. The third-order valence-corrected chi connectivity index (χ3v) is 12.0. The van der Waals surface area contributed by atoms with Crippen LogP contribution in [0.5, 0.6) is 0 Å². The normalized spacial score (nSPS) is 11.7. The van der Waals surface area contributed by atoms with E-state index in [4.69, 9.17) is 0 Å². The van der Waals surface area contributed by atoms with E-state index in [0.717, 1.165) is 17.1 Å². The van der Waals surface area contributed by atoms with Crippen molar-refractivity contribution in [3.05, 3.63) is 176 Å². The molecule has 0 atom stereocenters. The summed E-state index contributed by atoms with van der Waals surface area (Å²) in [4.78, 5) is 2.39. The molecule has 0 aliphatic heterocycles. The Labute approximate surface area is 292 Å². The maximum absolute atomic E-state index is 2.39. The fraction of sp³-hybridized carbons (Fsp3) is 0. The van der Waals surface area contributed by atoms with E-state index in [1.165, 1.54) is 73.4 Å². The predicted molar refractivity (Wildman–Crippen MR) is 215 cm³/mol. The van der Waals surface area contributed by atoms with Crippen LogP contribution in [0.15, 0.2) is 176 Å². The number of benzene rings is 8. The number of anilines is 3. The number of rotatable bonds is 5. The van der Waals surface area contributed by atoms with Gasteiger partial charge in [-0.1, -0.05) is 115 Å². The molecule has 2 heterocycles. The lowest BCUT2D eigenvalue weighted by molar-refractivity contribution is 1.29. The van der Waals surface area contributed by atoms with Crippen LogP contribution in [0.4, 0.5) is 17.1 Å². The smallest absolute Gasteiger partial charge is 0.0468 e. The molecule has 0 aliphatic carbocycles. The standard InChI is InChI=1S/C46H29NS2/c1-2-10-30(11-3-1)32-12-8-13-36(26-32)47(37-25-22-33-28-42-40-15-5-6-18-43(40)48-45(42)29-34(33)27-37)35-23-20-31(21-24-35)38-16-9-17-41-39-14-4-7-19-44(39)49-46(38)41/h1-29H. The van der Waals surface area contributed by atoms with Gasteiger partial charge < -0.3 is 4.90 Å². The second-order valence-electron chi connectivity index (χ2n) is 12.6. The summed E-state index contributed by atoms with van der Waals surface area (Å²) in [5.74, 6) is 0. The zero-order valence-corrected chi connectivity index (χ0v) is 28.1. The fourth-order valence-electron chi connectivity index (χ4n) is 7.26. The van der Waals surface area contributed by atoms with Crippen LogP contribution < -0.4 is 4.90 Å². The van der Waals surface area contributed by atoms with Crippen LogP contribution >= 0.6 is 22.7 Å². The van der Waals surface area contributed by atoms with Crippen LogP contribution in [0.1, 0.15) is 0 Å². The Kier molecular flexibility index (Phi) is 6.61. The molecule has 0 fully saturated rings. The number of thiophene rings is 2. The molecule has 0 radical (unpaired) electrons. The van der Waals surface area contributed by atoms with Gasteiger partial charge in [-0.05, 0) is 93.7 Å². The third kappa shape index (κ3) is 4.82. The van der Waals surface area contributed by atoms with Crippen molar-refractivity contribution in [1.29, 1.82) is 0 Å². The molecule has 10 rings (SSSR count). The first-order valence-electron chi connectivity index (χ1n) is 16.6. The van der Waals surface area contributed by atoms with Gasteiger partial charge in [0, 0.05) is 57.4 Å². The van der Waals surface area contributed by atoms with Crippen molar-refractivity contribution in [2.75, 3.05) is 4.90 Å². The van der Waals surface area contributed by atoms with Crippen LogP contribution in [0, 0.1) is 0 Å². The van der Waals surface area contributed by atoms with E-state index in [1.54, 1.807) is 0 Å². The zero-order chi connectivity index (χ0) is 32.3. The third-order valence-electron chi connectivity index (χ3n) is 9.63. The Morgan fingerprint density at radius 1 is 0.327 bits per heavy atom. The van der Waals surface area contributed by atoms with Crippen LogP contribution in [-0.2, 0) is 0 Å². The van der Waals surface area contributed by atoms with Crippen molar-refractivity contribution in [3.8, 4) is 22.3 Å². The summed E-state index contributed by atoms with van der Waals surface area (Å²) in [6.07, 6.45) is 0. The molecule has 3 heteroatoms. The van der Waals surface area contributed by atoms with Crippen molar-refractivity contribution in [1.82, 2.24) is 0 Å². The van der Waals surface area contributed by atoms with E-state index in [9.17, 15) is 0 Å². The highest BCUT2D eigenvalue weighted by Gasteiger charge is 2.17. The van der Waals surface area contributed by atoms with Crippen LogP contribution in [-0.4, -0.2) is 0 Å². The molecule has 49 heavy (non-hydrogen) atoms. The van der Waals surface area contributed by atoms with E-state index in [-0.39, 0.29) is 0 Å². The molecule has 1 nitrogen and oxygen atoms in total. The number of fused-ring (bicyclic) bond motifs is 7. The Bertz CT molecular complexity index is 2830. The maximum Gasteiger partial charge on any atom is 0.0468 e. The van der Waals surface area contributed by atoms with Crippen molar-refractivity contribution >= 4 is 90.9 Å². The molecule has 8 aromatic carbocycles. The van der Waals surface area contributed by atoms with E-state index in [2.05, 4.69) is 181 Å². The SMILES string of the molecule is c1ccc(-c2cccc(N(c3ccc(-c4cccc5c4sc4ccccc45)cc3)c3ccc4cc5c(cc4c3)sc3ccccc35)c2)cc1. The molecule has 0 unspecified atom stereocenters. The summed E-state index contributed by atoms with van der Waals surface area (Å²) in [7, 11) is 0. The van der Waals surface area contributed by atoms with Gasteiger partial charge in [0.2, 0.25) is 0 Å². The lowest BCUT2D eigenvalue weighted by atomic mass is 10.0. The average Bonchev–Trinajstić information content (AvgIpc) is 3.73. The Morgan fingerprint density at radius 2 is 0.980 bits per heavy atom. The molecule has 0 aliphatic rings. The molecule has 0 saturated heterocycles. The minimum absolute atomic E-state index is 1.12. The van der Waals surface area contributed by atoms with Gasteiger partial charge in [-0.2, -0.15) is 0 Å². The predicted octanol–water partition coefficient (Wildman–Crippen LogP) is 14.4. The molecule has 0 N–H and O–H groups in total. The van der Waals surface area contributed by atoms with Gasteiger partial charge >= 0.3 is 0 Å². The van der Waals surface area contributed by atoms with Gasteiger partial charge in [-0.25, -0.2) is 0 Å². The Balaban J connectivity index is 1.12. The molecule has 0 bridgehead atoms. The van der Waals surface area contributed by atoms with Gasteiger partial charge in [0.15, 0.2) is 0 Å². The van der Waals surface area contributed by atoms with E-state index in [1.807, 2.05) is 22.7 Å². The zero-order valence-electron chi connectivity index (χ0n) is 26.5. The molecule has 2 aromatic heterocycles. The van der Waals surface area contributed by atoms with Crippen LogP contribution in [0.2, 0.25) is 0 Å². The van der Waals surface area contributed by atoms with Gasteiger partial charge in [-0.15, -0.1) is 22.7 Å². The summed E-state index contributed by atoms with van der Waals surface area (Å²) in [6, 6.07) is 64.4. The molecule has 230 valence electrons. The van der Waals surface area contributed by atoms with Crippen molar-refractivity contribution in [3.63, 3.8) is 0 Å². The van der Waals surface area contributed by atoms with Crippen molar-refractivity contribution in [2.24, 2.45) is 0 Å². The molecule has 0 saturated carbocycles. The highest BCUT2D eigenvalue weighted by atomic mass is 32.1. The summed E-state index contributed by atoms with van der Waals surface area (Å²) in [5, 5.41) is 7.82. The summed E-state index contributed by atoms with van der Waals surface area (Å²) in [5.41, 5.74) is 8.30. The first-order valence-corrected chi connectivity index (χ1v) is 18.2.